The third kappa shape index (κ3) is 30.4. The van der Waals surface area contributed by atoms with Crippen molar-refractivity contribution in [2.24, 2.45) is 39.9 Å². The van der Waals surface area contributed by atoms with Gasteiger partial charge < -0.3 is 18.9 Å². The molecule has 5 aliphatic rings. The minimum atomic E-state index is 0. The van der Waals surface area contributed by atoms with Crippen LogP contribution in [0.3, 0.4) is 0 Å². The molecule has 0 amide bonds. The van der Waals surface area contributed by atoms with Gasteiger partial charge in [-0.1, -0.05) is 325 Å². The quantitative estimate of drug-likeness (QED) is 0.0213. The molecule has 675 valence electrons. The molecular formula is C116H136CuN8O4. The topological polar surface area (TPSA) is 136 Å². The maximum Gasteiger partial charge on any atom is 0.168 e. The molecule has 13 rings (SSSR count). The first-order valence-corrected chi connectivity index (χ1v) is 48.9. The van der Waals surface area contributed by atoms with Gasteiger partial charge in [0.1, 0.15) is 46.0 Å². The molecule has 0 unspecified atom stereocenters. The second-order valence-corrected chi connectivity index (χ2v) is 34.3. The molecule has 8 aromatic rings. The SMILES string of the molecule is CCC/C=C/C/C=C/CCCCCCCc1cccc(Oc2cccc3c2C2=NC3=NC3=NC(=NC4=NC(=NC5=NC(=N2)c2cccc(Oc6cccc(CCCCCCC/C=C/C/C=C/CCC)c6)c25)c2cccc(Oc5cccc(CCCCCCC/C=C/C/C=C/CCC)c5)c24)c2c(Oc4cccc(CCCCCCC/C=C/C/C=C/CCC)c4)cccc23)c1.[Cu]. The first-order chi connectivity index (χ1) is 63.4. The number of hydrogen-bond donors (Lipinski definition) is 0. The Labute approximate surface area is 781 Å². The van der Waals surface area contributed by atoms with E-state index in [0.717, 1.165) is 140 Å². The molecule has 8 aromatic carbocycles. The first-order valence-electron chi connectivity index (χ1n) is 48.9. The Kier molecular flexibility index (Phi) is 41.2. The van der Waals surface area contributed by atoms with Gasteiger partial charge in [-0.05, 0) is 249 Å². The summed E-state index contributed by atoms with van der Waals surface area (Å²) in [5.74, 6) is 8.13. The largest absolute Gasteiger partial charge is 0.457 e. The van der Waals surface area contributed by atoms with E-state index in [-0.39, 0.29) is 17.1 Å². The van der Waals surface area contributed by atoms with Crippen LogP contribution in [0, 0.1) is 0 Å². The fourth-order valence-corrected chi connectivity index (χ4v) is 16.8. The van der Waals surface area contributed by atoms with Gasteiger partial charge in [-0.15, -0.1) is 0 Å². The number of hydrogen-bond acceptors (Lipinski definition) is 12. The van der Waals surface area contributed by atoms with E-state index >= 15 is 0 Å². The van der Waals surface area contributed by atoms with Crippen LogP contribution in [-0.4, -0.2) is 46.7 Å². The van der Waals surface area contributed by atoms with Crippen LogP contribution in [0.5, 0.6) is 46.0 Å². The molecular weight excluding hydrogens is 1630 g/mol. The standard InChI is InChI=1S/C116H136N8O4.Cu/c1-5-9-13-17-21-25-29-33-37-41-45-49-53-65-89-69-57-73-93(85-89)125-101-81-61-77-97-105(101)113-118-109(97)117-110-98-78-62-83-103(127-95-75-59-71-91(87-95)67-55-51-47-43-39-35-31-27-23-19-15-11-7-3)107(98)115(119-110)124-116-108-100(80-64-84-104(108)128-96-76-60-72-92(88-96)68-56-52-48-44-40-36-32-28-24-20-16-12-8-4)112(123-116)122-114-106-99(111(120-113)121-114)79-63-82-102(106)126-94-74-58-70-90(86-94)66-54-50-46-42-38-34-30-26-22-18-14-10-6-2;/h13-20,25-32,57-64,69-88H,5-12,21-24,33-56,65-68H2,1-4H3;/b17-13+,18-14+,19-15+,20-16+,29-25+,30-26+,31-27+,32-28+,117-109?,117-110?,120-111?,120-113?,122-112?,122-114?,124-115?,124-116?;. The Balaban J connectivity index is 0.0000151. The van der Waals surface area contributed by atoms with E-state index in [0.29, 0.717) is 126 Å². The van der Waals surface area contributed by atoms with Gasteiger partial charge in [-0.2, -0.15) is 0 Å². The summed E-state index contributed by atoms with van der Waals surface area (Å²) in [5, 5.41) is 0. The van der Waals surface area contributed by atoms with Crippen molar-refractivity contribution >= 4 is 46.7 Å². The smallest absolute Gasteiger partial charge is 0.168 e. The number of rotatable bonds is 56. The monoisotopic (exact) mass is 1770 g/mol. The molecule has 5 aliphatic heterocycles. The number of ether oxygens (including phenoxy) is 4. The fraction of sp³-hybridized carbons (Fsp3) is 0.379. The van der Waals surface area contributed by atoms with Crippen LogP contribution in [0.4, 0.5) is 0 Å². The molecule has 12 nitrogen and oxygen atoms in total. The normalized spacial score (nSPS) is 13.8. The maximum absolute atomic E-state index is 7.14. The second kappa shape index (κ2) is 54.9. The minimum absolute atomic E-state index is 0. The van der Waals surface area contributed by atoms with Crippen molar-refractivity contribution < 1.29 is 36.0 Å². The van der Waals surface area contributed by atoms with E-state index in [1.807, 2.05) is 97.1 Å². The van der Waals surface area contributed by atoms with Crippen LogP contribution in [0.25, 0.3) is 0 Å². The van der Waals surface area contributed by atoms with Crippen molar-refractivity contribution in [3.63, 3.8) is 0 Å². The molecule has 0 saturated heterocycles. The van der Waals surface area contributed by atoms with Crippen molar-refractivity contribution in [3.8, 4) is 46.0 Å². The Bertz CT molecular complexity index is 5460. The summed E-state index contributed by atoms with van der Waals surface area (Å²) in [5.41, 5.74) is 10.4. The van der Waals surface area contributed by atoms with Crippen LogP contribution < -0.4 is 18.9 Å². The molecule has 1 radical (unpaired) electrons. The van der Waals surface area contributed by atoms with Crippen LogP contribution in [-0.2, 0) is 42.8 Å². The van der Waals surface area contributed by atoms with E-state index in [1.165, 1.54) is 151 Å². The molecule has 129 heavy (non-hydrogen) atoms. The first kappa shape index (κ1) is 96.8. The minimum Gasteiger partial charge on any atom is -0.457 e. The predicted molar refractivity (Wildman–Crippen MR) is 541 cm³/mol. The van der Waals surface area contributed by atoms with Crippen molar-refractivity contribution in [1.29, 1.82) is 0 Å². The third-order valence-corrected chi connectivity index (χ3v) is 23.8. The summed E-state index contributed by atoms with van der Waals surface area (Å²) in [4.78, 5) is 44.2. The van der Waals surface area contributed by atoms with Gasteiger partial charge in [0.25, 0.3) is 0 Å². The second-order valence-electron chi connectivity index (χ2n) is 34.3. The van der Waals surface area contributed by atoms with Crippen molar-refractivity contribution in [2.45, 2.75) is 285 Å². The van der Waals surface area contributed by atoms with Crippen LogP contribution in [0.2, 0.25) is 0 Å². The molecule has 0 aliphatic carbocycles. The van der Waals surface area contributed by atoms with Gasteiger partial charge in [0, 0.05) is 39.3 Å². The van der Waals surface area contributed by atoms with E-state index in [2.05, 4.69) is 198 Å². The zero-order chi connectivity index (χ0) is 88.0. The van der Waals surface area contributed by atoms with Gasteiger partial charge in [-0.3, -0.25) is 0 Å². The summed E-state index contributed by atoms with van der Waals surface area (Å²) < 4.78 is 28.5. The number of allylic oxidation sites excluding steroid dienone is 16. The Morgan fingerprint density at radius 2 is 0.395 bits per heavy atom. The average Bonchev–Trinajstić information content (AvgIpc) is 1.59. The molecule has 13 heteroatoms. The van der Waals surface area contributed by atoms with E-state index in [9.17, 15) is 0 Å². The molecule has 0 N–H and O–H groups in total. The van der Waals surface area contributed by atoms with E-state index in [1.54, 1.807) is 0 Å². The maximum atomic E-state index is 7.14. The summed E-state index contributed by atoms with van der Waals surface area (Å²) >= 11 is 0. The number of unbranched alkanes of at least 4 members (excludes halogenated alkanes) is 24. The fourth-order valence-electron chi connectivity index (χ4n) is 16.8. The zero-order valence-corrected chi connectivity index (χ0v) is 78.1. The number of aliphatic imine (C=N–C) groups is 8. The van der Waals surface area contributed by atoms with Crippen molar-refractivity contribution in [2.75, 3.05) is 0 Å². The molecule has 0 spiro atoms. The Morgan fingerprint density at radius 3 is 0.636 bits per heavy atom. The molecule has 0 saturated carbocycles. The van der Waals surface area contributed by atoms with Crippen molar-refractivity contribution in [1.82, 2.24) is 0 Å². The third-order valence-electron chi connectivity index (χ3n) is 23.8. The van der Waals surface area contributed by atoms with Gasteiger partial charge >= 0.3 is 0 Å². The zero-order valence-electron chi connectivity index (χ0n) is 77.2. The number of aryl methyl sites for hydroxylation is 4. The summed E-state index contributed by atoms with van der Waals surface area (Å²) in [6.07, 6.45) is 82.4. The predicted octanol–water partition coefficient (Wildman–Crippen LogP) is 32.7. The van der Waals surface area contributed by atoms with Crippen molar-refractivity contribution in [3.05, 3.63) is 334 Å². The van der Waals surface area contributed by atoms with E-state index < -0.39 is 0 Å². The summed E-state index contributed by atoms with van der Waals surface area (Å²) in [6, 6.07) is 58.1. The van der Waals surface area contributed by atoms with Gasteiger partial charge in [-0.25, -0.2) is 39.9 Å². The van der Waals surface area contributed by atoms with E-state index in [4.69, 9.17) is 58.9 Å². The number of nitrogens with zero attached hydrogens (tertiary/aromatic N) is 8. The van der Waals surface area contributed by atoms with Crippen LogP contribution in [0.15, 0.2) is 307 Å². The average molecular weight is 1770 g/mol. The molecule has 0 fully saturated rings. The number of benzene rings is 8. The molecule has 5 heterocycles. The van der Waals surface area contributed by atoms with Crippen LogP contribution in [0.1, 0.15) is 326 Å². The number of amidine groups is 8. The summed E-state index contributed by atoms with van der Waals surface area (Å²) in [7, 11) is 0. The van der Waals surface area contributed by atoms with Gasteiger partial charge in [0.2, 0.25) is 0 Å². The van der Waals surface area contributed by atoms with Gasteiger partial charge in [0.05, 0.1) is 22.3 Å². The van der Waals surface area contributed by atoms with Crippen LogP contribution >= 0.6 is 0 Å². The molecule has 8 bridgehead atoms. The Hall–Kier alpha value is -11.2. The Morgan fingerprint density at radius 1 is 0.202 bits per heavy atom. The van der Waals surface area contributed by atoms with Gasteiger partial charge in [0.15, 0.2) is 46.7 Å². The summed E-state index contributed by atoms with van der Waals surface area (Å²) in [6.45, 7) is 8.90. The molecule has 0 atom stereocenters. The number of fused-ring (bicyclic) bond motifs is 16. The molecule has 0 aromatic heterocycles.